The van der Waals surface area contributed by atoms with Crippen molar-refractivity contribution >= 4 is 0 Å². The van der Waals surface area contributed by atoms with E-state index in [0.717, 1.165) is 38.9 Å². The molecule has 0 radical (unpaired) electrons. The quantitative estimate of drug-likeness (QED) is 0.871. The number of ether oxygens (including phenoxy) is 1. The van der Waals surface area contributed by atoms with Crippen molar-refractivity contribution in [2.45, 2.75) is 51.2 Å². The van der Waals surface area contributed by atoms with Gasteiger partial charge in [0.15, 0.2) is 0 Å². The highest BCUT2D eigenvalue weighted by Gasteiger charge is 2.26. The maximum Gasteiger partial charge on any atom is 0.0635 e. The molecule has 1 aliphatic heterocycles. The Kier molecular flexibility index (Phi) is 4.94. The smallest absolute Gasteiger partial charge is 0.0635 e. The van der Waals surface area contributed by atoms with Crippen molar-refractivity contribution in [1.82, 2.24) is 10.2 Å². The van der Waals surface area contributed by atoms with E-state index in [-0.39, 0.29) is 0 Å². The number of nitrogens with one attached hydrogen (secondary N) is 1. The molecular formula is C18H28N2O. The van der Waals surface area contributed by atoms with Gasteiger partial charge in [-0.2, -0.15) is 0 Å². The molecule has 1 heterocycles. The SMILES string of the molecule is CC(C)c1ccc(CN2CCOCC2CNC2CC2)cc1. The predicted octanol–water partition coefficient (Wildman–Crippen LogP) is 2.76. The molecule has 3 nitrogen and oxygen atoms in total. The summed E-state index contributed by atoms with van der Waals surface area (Å²) >= 11 is 0. The summed E-state index contributed by atoms with van der Waals surface area (Å²) in [5.41, 5.74) is 2.84. The van der Waals surface area contributed by atoms with Crippen LogP contribution in [0.3, 0.4) is 0 Å². The molecule has 2 fully saturated rings. The van der Waals surface area contributed by atoms with E-state index in [4.69, 9.17) is 4.74 Å². The number of hydrogen-bond donors (Lipinski definition) is 1. The molecule has 0 spiro atoms. The Morgan fingerprint density at radius 2 is 2.00 bits per heavy atom. The molecule has 1 N–H and O–H groups in total. The fourth-order valence-corrected chi connectivity index (χ4v) is 2.92. The van der Waals surface area contributed by atoms with Crippen LogP contribution in [0.2, 0.25) is 0 Å². The molecule has 1 atom stereocenters. The van der Waals surface area contributed by atoms with Gasteiger partial charge in [0.2, 0.25) is 0 Å². The highest BCUT2D eigenvalue weighted by atomic mass is 16.5. The van der Waals surface area contributed by atoms with Crippen molar-refractivity contribution < 1.29 is 4.74 Å². The highest BCUT2D eigenvalue weighted by molar-refractivity contribution is 5.24. The van der Waals surface area contributed by atoms with Gasteiger partial charge in [0.1, 0.15) is 0 Å². The number of benzene rings is 1. The molecule has 1 aliphatic carbocycles. The lowest BCUT2D eigenvalue weighted by atomic mass is 10.0. The van der Waals surface area contributed by atoms with Gasteiger partial charge in [-0.25, -0.2) is 0 Å². The number of hydrogen-bond acceptors (Lipinski definition) is 3. The van der Waals surface area contributed by atoms with Crippen LogP contribution in [0.15, 0.2) is 24.3 Å². The minimum Gasteiger partial charge on any atom is -0.378 e. The largest absolute Gasteiger partial charge is 0.378 e. The van der Waals surface area contributed by atoms with E-state index in [0.29, 0.717) is 12.0 Å². The summed E-state index contributed by atoms with van der Waals surface area (Å²) in [6.45, 7) is 9.37. The first-order valence-electron chi connectivity index (χ1n) is 8.36. The third-order valence-electron chi connectivity index (χ3n) is 4.60. The van der Waals surface area contributed by atoms with E-state index < -0.39 is 0 Å². The Labute approximate surface area is 128 Å². The molecule has 1 saturated carbocycles. The van der Waals surface area contributed by atoms with Crippen molar-refractivity contribution in [3.8, 4) is 0 Å². The lowest BCUT2D eigenvalue weighted by molar-refractivity contribution is -0.0110. The standard InChI is InChI=1S/C18H28N2O/c1-14(2)16-5-3-15(4-6-16)12-20-9-10-21-13-18(20)11-19-17-7-8-17/h3-6,14,17-19H,7-13H2,1-2H3. The van der Waals surface area contributed by atoms with Gasteiger partial charge in [0, 0.05) is 31.7 Å². The van der Waals surface area contributed by atoms with Crippen molar-refractivity contribution in [2.24, 2.45) is 0 Å². The van der Waals surface area contributed by atoms with E-state index in [1.807, 2.05) is 0 Å². The zero-order valence-electron chi connectivity index (χ0n) is 13.3. The van der Waals surface area contributed by atoms with Gasteiger partial charge in [-0.1, -0.05) is 38.1 Å². The van der Waals surface area contributed by atoms with E-state index in [2.05, 4.69) is 48.3 Å². The average Bonchev–Trinajstić information content (AvgIpc) is 3.31. The predicted molar refractivity (Wildman–Crippen MR) is 86.6 cm³/mol. The van der Waals surface area contributed by atoms with Crippen molar-refractivity contribution in [3.63, 3.8) is 0 Å². The molecule has 2 aliphatic rings. The maximum atomic E-state index is 5.67. The van der Waals surface area contributed by atoms with E-state index in [1.165, 1.54) is 24.0 Å². The first-order valence-corrected chi connectivity index (χ1v) is 8.36. The molecule has 0 aromatic heterocycles. The van der Waals surface area contributed by atoms with Gasteiger partial charge in [-0.3, -0.25) is 4.90 Å². The summed E-state index contributed by atoms with van der Waals surface area (Å²) in [7, 11) is 0. The molecule has 3 rings (SSSR count). The summed E-state index contributed by atoms with van der Waals surface area (Å²) in [5.74, 6) is 0.609. The fourth-order valence-electron chi connectivity index (χ4n) is 2.92. The Morgan fingerprint density at radius 1 is 1.24 bits per heavy atom. The topological polar surface area (TPSA) is 24.5 Å². The molecule has 116 valence electrons. The Bertz CT molecular complexity index is 439. The molecular weight excluding hydrogens is 260 g/mol. The lowest BCUT2D eigenvalue weighted by Gasteiger charge is -2.36. The number of morpholine rings is 1. The van der Waals surface area contributed by atoms with Crippen LogP contribution in [0.5, 0.6) is 0 Å². The zero-order valence-corrected chi connectivity index (χ0v) is 13.3. The van der Waals surface area contributed by atoms with E-state index in [9.17, 15) is 0 Å². The van der Waals surface area contributed by atoms with E-state index in [1.54, 1.807) is 0 Å². The van der Waals surface area contributed by atoms with Crippen molar-refractivity contribution in [1.29, 1.82) is 0 Å². The van der Waals surface area contributed by atoms with Crippen LogP contribution >= 0.6 is 0 Å². The van der Waals surface area contributed by atoms with Gasteiger partial charge in [0.05, 0.1) is 13.2 Å². The summed E-state index contributed by atoms with van der Waals surface area (Å²) in [6.07, 6.45) is 2.70. The monoisotopic (exact) mass is 288 g/mol. The Hall–Kier alpha value is -0.900. The molecule has 0 amide bonds. The second-order valence-electron chi connectivity index (χ2n) is 6.78. The zero-order chi connectivity index (χ0) is 14.7. The third kappa shape index (κ3) is 4.29. The van der Waals surface area contributed by atoms with Gasteiger partial charge in [0.25, 0.3) is 0 Å². The Morgan fingerprint density at radius 3 is 2.67 bits per heavy atom. The van der Waals surface area contributed by atoms with Crippen LogP contribution in [0.25, 0.3) is 0 Å². The molecule has 0 bridgehead atoms. The minimum atomic E-state index is 0.518. The molecule has 1 aromatic carbocycles. The number of rotatable bonds is 6. The van der Waals surface area contributed by atoms with Crippen LogP contribution in [-0.2, 0) is 11.3 Å². The van der Waals surface area contributed by atoms with E-state index >= 15 is 0 Å². The second-order valence-corrected chi connectivity index (χ2v) is 6.78. The average molecular weight is 288 g/mol. The molecule has 1 saturated heterocycles. The Balaban J connectivity index is 1.57. The van der Waals surface area contributed by atoms with Crippen LogP contribution in [-0.4, -0.2) is 43.3 Å². The van der Waals surface area contributed by atoms with Crippen LogP contribution in [0.1, 0.15) is 43.7 Å². The summed E-state index contributed by atoms with van der Waals surface area (Å²) in [6, 6.07) is 10.4. The second kappa shape index (κ2) is 6.91. The molecule has 21 heavy (non-hydrogen) atoms. The third-order valence-corrected chi connectivity index (χ3v) is 4.60. The first kappa shape index (κ1) is 15.0. The molecule has 3 heteroatoms. The minimum absolute atomic E-state index is 0.518. The van der Waals surface area contributed by atoms with Gasteiger partial charge in [-0.15, -0.1) is 0 Å². The van der Waals surface area contributed by atoms with Crippen LogP contribution in [0.4, 0.5) is 0 Å². The maximum absolute atomic E-state index is 5.67. The molecule has 1 aromatic rings. The van der Waals surface area contributed by atoms with Gasteiger partial charge in [-0.05, 0) is 29.9 Å². The van der Waals surface area contributed by atoms with Crippen LogP contribution < -0.4 is 5.32 Å². The van der Waals surface area contributed by atoms with Gasteiger partial charge >= 0.3 is 0 Å². The normalized spacial score (nSPS) is 23.7. The first-order chi connectivity index (χ1) is 10.2. The summed E-state index contributed by atoms with van der Waals surface area (Å²) < 4.78 is 5.67. The fraction of sp³-hybridized carbons (Fsp3) is 0.667. The van der Waals surface area contributed by atoms with Crippen molar-refractivity contribution in [3.05, 3.63) is 35.4 Å². The molecule has 1 unspecified atom stereocenters. The highest BCUT2D eigenvalue weighted by Crippen LogP contribution is 2.20. The number of nitrogens with zero attached hydrogens (tertiary/aromatic N) is 1. The summed E-state index contributed by atoms with van der Waals surface area (Å²) in [5, 5.41) is 3.64. The van der Waals surface area contributed by atoms with Gasteiger partial charge < -0.3 is 10.1 Å². The van der Waals surface area contributed by atoms with Crippen LogP contribution in [0, 0.1) is 0 Å². The lowest BCUT2D eigenvalue weighted by Crippen LogP contribution is -2.50. The summed E-state index contributed by atoms with van der Waals surface area (Å²) in [4.78, 5) is 2.57. The van der Waals surface area contributed by atoms with Crippen molar-refractivity contribution in [2.75, 3.05) is 26.3 Å².